The fourth-order valence-electron chi connectivity index (χ4n) is 3.13. The average molecular weight is 336 g/mol. The van der Waals surface area contributed by atoms with Gasteiger partial charge in [0.2, 0.25) is 11.8 Å². The fraction of sp³-hybridized carbons (Fsp3) is 0.333. The maximum absolute atomic E-state index is 12.0. The summed E-state index contributed by atoms with van der Waals surface area (Å²) in [4.78, 5) is 25.4. The summed E-state index contributed by atoms with van der Waals surface area (Å²) in [6.07, 6.45) is 2.52. The zero-order valence-electron chi connectivity index (χ0n) is 14.8. The first-order valence-corrected chi connectivity index (χ1v) is 8.73. The predicted octanol–water partition coefficient (Wildman–Crippen LogP) is 2.81. The van der Waals surface area contributed by atoms with E-state index < -0.39 is 0 Å². The minimum atomic E-state index is 0.0802. The molecule has 2 aromatic rings. The Balaban J connectivity index is 1.44. The van der Waals surface area contributed by atoms with Gasteiger partial charge in [0.15, 0.2) is 0 Å². The van der Waals surface area contributed by atoms with Crippen molar-refractivity contribution in [1.82, 2.24) is 5.32 Å². The quantitative estimate of drug-likeness (QED) is 0.882. The number of benzene rings is 2. The molecule has 0 radical (unpaired) electrons. The summed E-state index contributed by atoms with van der Waals surface area (Å²) >= 11 is 0. The summed E-state index contributed by atoms with van der Waals surface area (Å²) in [5.74, 6) is 0.216. The lowest BCUT2D eigenvalue weighted by Gasteiger charge is -2.11. The number of likely N-dealkylation sites (N-methyl/N-ethyl adjacent to an activating group) is 1. The van der Waals surface area contributed by atoms with Gasteiger partial charge in [-0.25, -0.2) is 0 Å². The number of hydrogen-bond donors (Lipinski definition) is 1. The van der Waals surface area contributed by atoms with Gasteiger partial charge in [0, 0.05) is 25.7 Å². The van der Waals surface area contributed by atoms with Crippen molar-refractivity contribution in [3.05, 3.63) is 64.7 Å². The highest BCUT2D eigenvalue weighted by Crippen LogP contribution is 2.28. The van der Waals surface area contributed by atoms with Crippen molar-refractivity contribution >= 4 is 17.5 Å². The Bertz CT molecular complexity index is 781. The first-order valence-electron chi connectivity index (χ1n) is 8.73. The van der Waals surface area contributed by atoms with Crippen LogP contribution in [-0.4, -0.2) is 25.4 Å². The van der Waals surface area contributed by atoms with Crippen molar-refractivity contribution in [2.24, 2.45) is 0 Å². The SMILES string of the molecule is Cc1ccc(CCC(=O)NCCc2ccc3c(c2)CC(=O)N3C)cc1. The Morgan fingerprint density at radius 1 is 1.08 bits per heavy atom. The van der Waals surface area contributed by atoms with Crippen LogP contribution in [0.2, 0.25) is 0 Å². The van der Waals surface area contributed by atoms with E-state index >= 15 is 0 Å². The van der Waals surface area contributed by atoms with Crippen LogP contribution in [0.5, 0.6) is 0 Å². The third-order valence-corrected chi connectivity index (χ3v) is 4.72. The van der Waals surface area contributed by atoms with Gasteiger partial charge in [0.1, 0.15) is 0 Å². The Morgan fingerprint density at radius 3 is 2.56 bits per heavy atom. The van der Waals surface area contributed by atoms with Crippen LogP contribution in [0.4, 0.5) is 5.69 Å². The van der Waals surface area contributed by atoms with E-state index in [-0.39, 0.29) is 11.8 Å². The molecule has 0 atom stereocenters. The molecule has 0 fully saturated rings. The molecule has 25 heavy (non-hydrogen) atoms. The van der Waals surface area contributed by atoms with E-state index in [9.17, 15) is 9.59 Å². The van der Waals surface area contributed by atoms with Crippen LogP contribution in [0.1, 0.15) is 28.7 Å². The summed E-state index contributed by atoms with van der Waals surface area (Å²) in [7, 11) is 1.81. The number of nitrogens with one attached hydrogen (secondary N) is 1. The first kappa shape index (κ1) is 17.2. The number of hydrogen-bond acceptors (Lipinski definition) is 2. The lowest BCUT2D eigenvalue weighted by atomic mass is 10.1. The number of aryl methyl sites for hydroxylation is 2. The van der Waals surface area contributed by atoms with Crippen LogP contribution in [0.15, 0.2) is 42.5 Å². The second kappa shape index (κ2) is 7.51. The first-order chi connectivity index (χ1) is 12.0. The molecule has 0 saturated heterocycles. The smallest absolute Gasteiger partial charge is 0.231 e. The van der Waals surface area contributed by atoms with Gasteiger partial charge < -0.3 is 10.2 Å². The molecule has 0 aromatic heterocycles. The summed E-state index contributed by atoms with van der Waals surface area (Å²) in [5, 5.41) is 2.98. The molecule has 1 aliphatic heterocycles. The largest absolute Gasteiger partial charge is 0.356 e. The number of nitrogens with zero attached hydrogens (tertiary/aromatic N) is 1. The third kappa shape index (κ3) is 4.27. The highest BCUT2D eigenvalue weighted by atomic mass is 16.2. The van der Waals surface area contributed by atoms with Gasteiger partial charge >= 0.3 is 0 Å². The molecule has 3 rings (SSSR count). The molecule has 1 heterocycles. The number of carbonyl (C=O) groups excluding carboxylic acids is 2. The maximum atomic E-state index is 12.0. The van der Waals surface area contributed by atoms with Crippen molar-refractivity contribution < 1.29 is 9.59 Å². The van der Waals surface area contributed by atoms with E-state index in [1.165, 1.54) is 11.1 Å². The molecule has 2 amide bonds. The minimum Gasteiger partial charge on any atom is -0.356 e. The topological polar surface area (TPSA) is 49.4 Å². The third-order valence-electron chi connectivity index (χ3n) is 4.72. The zero-order chi connectivity index (χ0) is 17.8. The molecule has 0 unspecified atom stereocenters. The van der Waals surface area contributed by atoms with E-state index in [4.69, 9.17) is 0 Å². The molecule has 4 nitrogen and oxygen atoms in total. The number of amides is 2. The van der Waals surface area contributed by atoms with E-state index in [2.05, 4.69) is 42.6 Å². The lowest BCUT2D eigenvalue weighted by molar-refractivity contribution is -0.121. The van der Waals surface area contributed by atoms with Gasteiger partial charge in [0.05, 0.1) is 6.42 Å². The number of anilines is 1. The van der Waals surface area contributed by atoms with Crippen LogP contribution < -0.4 is 10.2 Å². The standard InChI is InChI=1S/C21H24N2O2/c1-15-3-5-16(6-4-15)8-10-20(24)22-12-11-17-7-9-19-18(13-17)14-21(25)23(19)2/h3-7,9,13H,8,10-12,14H2,1-2H3,(H,22,24). The van der Waals surface area contributed by atoms with Gasteiger partial charge in [-0.05, 0) is 42.5 Å². The normalized spacial score (nSPS) is 13.0. The van der Waals surface area contributed by atoms with Crippen molar-refractivity contribution in [2.45, 2.75) is 32.6 Å². The Morgan fingerprint density at radius 2 is 1.80 bits per heavy atom. The molecule has 0 spiro atoms. The Kier molecular flexibility index (Phi) is 5.17. The molecule has 130 valence electrons. The Hall–Kier alpha value is -2.62. The molecular formula is C21H24N2O2. The lowest BCUT2D eigenvalue weighted by Crippen LogP contribution is -2.25. The summed E-state index contributed by atoms with van der Waals surface area (Å²) < 4.78 is 0. The van der Waals surface area contributed by atoms with E-state index in [0.29, 0.717) is 19.4 Å². The average Bonchev–Trinajstić information content (AvgIpc) is 2.88. The number of carbonyl (C=O) groups is 2. The van der Waals surface area contributed by atoms with Crippen LogP contribution in [0.25, 0.3) is 0 Å². The highest BCUT2D eigenvalue weighted by molar-refractivity contribution is 6.00. The number of rotatable bonds is 6. The van der Waals surface area contributed by atoms with Gasteiger partial charge in [-0.15, -0.1) is 0 Å². The van der Waals surface area contributed by atoms with Gasteiger partial charge in [-0.1, -0.05) is 42.0 Å². The highest BCUT2D eigenvalue weighted by Gasteiger charge is 2.23. The maximum Gasteiger partial charge on any atom is 0.231 e. The second-order valence-corrected chi connectivity index (χ2v) is 6.68. The van der Waals surface area contributed by atoms with E-state index in [1.807, 2.05) is 19.2 Å². The van der Waals surface area contributed by atoms with E-state index in [1.54, 1.807) is 4.90 Å². The van der Waals surface area contributed by atoms with Crippen molar-refractivity contribution in [2.75, 3.05) is 18.5 Å². The molecular weight excluding hydrogens is 312 g/mol. The monoisotopic (exact) mass is 336 g/mol. The summed E-state index contributed by atoms with van der Waals surface area (Å²) in [6, 6.07) is 14.4. The van der Waals surface area contributed by atoms with Crippen LogP contribution in [-0.2, 0) is 28.9 Å². The van der Waals surface area contributed by atoms with Gasteiger partial charge in [-0.3, -0.25) is 9.59 Å². The van der Waals surface area contributed by atoms with Gasteiger partial charge in [0.25, 0.3) is 0 Å². The second-order valence-electron chi connectivity index (χ2n) is 6.68. The molecule has 1 aliphatic rings. The van der Waals surface area contributed by atoms with Crippen LogP contribution >= 0.6 is 0 Å². The summed E-state index contributed by atoms with van der Waals surface area (Å²) in [6.45, 7) is 2.68. The predicted molar refractivity (Wildman–Crippen MR) is 99.8 cm³/mol. The summed E-state index contributed by atoms with van der Waals surface area (Å²) in [5.41, 5.74) is 5.65. The molecule has 0 bridgehead atoms. The van der Waals surface area contributed by atoms with Crippen molar-refractivity contribution in [1.29, 1.82) is 0 Å². The Labute approximate surface area is 148 Å². The van der Waals surface area contributed by atoms with Crippen LogP contribution in [0.3, 0.4) is 0 Å². The number of fused-ring (bicyclic) bond motifs is 1. The van der Waals surface area contributed by atoms with Crippen molar-refractivity contribution in [3.8, 4) is 0 Å². The molecule has 4 heteroatoms. The minimum absolute atomic E-state index is 0.0802. The molecule has 2 aromatic carbocycles. The van der Waals surface area contributed by atoms with E-state index in [0.717, 1.165) is 29.7 Å². The zero-order valence-corrected chi connectivity index (χ0v) is 14.8. The van der Waals surface area contributed by atoms with Crippen molar-refractivity contribution in [3.63, 3.8) is 0 Å². The van der Waals surface area contributed by atoms with Gasteiger partial charge in [-0.2, -0.15) is 0 Å². The van der Waals surface area contributed by atoms with Crippen LogP contribution in [0, 0.1) is 6.92 Å². The molecule has 0 aliphatic carbocycles. The molecule has 0 saturated carbocycles. The fourth-order valence-corrected chi connectivity index (χ4v) is 3.13. The molecule has 1 N–H and O–H groups in total.